The third-order valence-corrected chi connectivity index (χ3v) is 11.5. The van der Waals surface area contributed by atoms with E-state index in [9.17, 15) is 9.90 Å². The number of aliphatic hydroxyl groups is 1. The summed E-state index contributed by atoms with van der Waals surface area (Å²) in [6, 6.07) is 0. The molecule has 0 radical (unpaired) electrons. The zero-order chi connectivity index (χ0) is 33.7. The van der Waals surface area contributed by atoms with Crippen molar-refractivity contribution in [1.29, 1.82) is 0 Å². The van der Waals surface area contributed by atoms with Gasteiger partial charge in [0.15, 0.2) is 0 Å². The Balaban J connectivity index is 1.64. The van der Waals surface area contributed by atoms with E-state index in [1.807, 2.05) is 0 Å². The number of hydrogen-bond donors (Lipinski definition) is 4. The van der Waals surface area contributed by atoms with Crippen LogP contribution in [0.15, 0.2) is 10.8 Å². The van der Waals surface area contributed by atoms with Crippen molar-refractivity contribution in [3.05, 3.63) is 77.5 Å². The maximum atomic E-state index is 14.7. The zero-order valence-electron chi connectivity index (χ0n) is 29.8. The second-order valence-electron chi connectivity index (χ2n) is 15.1. The Bertz CT molecular complexity index is 2350. The zero-order valence-corrected chi connectivity index (χ0v) is 29.8. The number of hydrogen-bond acceptors (Lipinski definition) is 6. The lowest BCUT2D eigenvalue weighted by Crippen LogP contribution is -2.43. The highest BCUT2D eigenvalue weighted by molar-refractivity contribution is 6.53. The Labute approximate surface area is 271 Å². The molecule has 2 heterocycles. The smallest absolute Gasteiger partial charge is 0.201 e. The van der Waals surface area contributed by atoms with Crippen LogP contribution in [0.5, 0.6) is 0 Å². The van der Waals surface area contributed by atoms with Gasteiger partial charge in [0, 0.05) is 27.2 Å². The summed E-state index contributed by atoms with van der Waals surface area (Å²) in [6.07, 6.45) is 0. The van der Waals surface area contributed by atoms with Crippen LogP contribution in [0, 0.1) is 69.2 Å². The Kier molecular flexibility index (Phi) is 6.03. The van der Waals surface area contributed by atoms with E-state index in [4.69, 9.17) is 4.99 Å². The summed E-state index contributed by atoms with van der Waals surface area (Å²) in [5, 5.41) is 29.5. The molecule has 0 saturated carbocycles. The van der Waals surface area contributed by atoms with Crippen LogP contribution < -0.4 is 26.5 Å². The molecule has 1 aliphatic carbocycles. The molecule has 238 valence electrons. The van der Waals surface area contributed by atoms with Gasteiger partial charge in [-0.15, -0.1) is 0 Å². The average Bonchev–Trinajstić information content (AvgIpc) is 2.97. The van der Waals surface area contributed by atoms with E-state index < -0.39 is 11.3 Å². The Hall–Kier alpha value is -4.32. The molecule has 2 aliphatic heterocycles. The lowest BCUT2D eigenvalue weighted by molar-refractivity contribution is -0.109. The summed E-state index contributed by atoms with van der Waals surface area (Å²) in [6.45, 7) is 29.8. The van der Waals surface area contributed by atoms with Crippen molar-refractivity contribution in [2.45, 2.75) is 108 Å². The lowest BCUT2D eigenvalue weighted by atomic mass is 9.75. The van der Waals surface area contributed by atoms with Gasteiger partial charge in [-0.05, 0) is 163 Å². The SMILES string of the molecule is Cc1c(C)c2c3c(c(C4=C(O)C(=c5c(C)c(C)c6c(C)c(C)c(C)c7c6c5NC(C)(C)N=7)C4=O)c(C)c(C)c3c1C)NC(C)(C)N2. The number of nitrogens with one attached hydrogen (secondary N) is 3. The summed E-state index contributed by atoms with van der Waals surface area (Å²) in [5.41, 5.74) is 15.0. The molecule has 0 unspecified atom stereocenters. The number of rotatable bonds is 1. The monoisotopic (exact) mass is 614 g/mol. The van der Waals surface area contributed by atoms with Crippen molar-refractivity contribution in [2.24, 2.45) is 4.99 Å². The highest BCUT2D eigenvalue weighted by atomic mass is 16.3. The molecule has 0 atom stereocenters. The molecule has 6 nitrogen and oxygen atoms in total. The first-order chi connectivity index (χ1) is 21.3. The summed E-state index contributed by atoms with van der Waals surface area (Å²) >= 11 is 0. The summed E-state index contributed by atoms with van der Waals surface area (Å²) < 4.78 is 0. The number of allylic oxidation sites excluding steroid dienone is 2. The number of aryl methyl sites for hydroxylation is 4. The van der Waals surface area contributed by atoms with Gasteiger partial charge in [0.25, 0.3) is 0 Å². The van der Waals surface area contributed by atoms with Crippen molar-refractivity contribution in [3.8, 4) is 0 Å². The molecular weight excluding hydrogens is 568 g/mol. The summed E-state index contributed by atoms with van der Waals surface area (Å²) in [7, 11) is 0. The van der Waals surface area contributed by atoms with E-state index in [1.165, 1.54) is 38.6 Å². The molecule has 0 bridgehead atoms. The molecule has 4 N–H and O–H groups in total. The van der Waals surface area contributed by atoms with Crippen LogP contribution in [-0.2, 0) is 4.79 Å². The quantitative estimate of drug-likeness (QED) is 0.174. The van der Waals surface area contributed by atoms with Crippen molar-refractivity contribution < 1.29 is 9.90 Å². The molecule has 3 aliphatic rings. The van der Waals surface area contributed by atoms with E-state index in [0.717, 1.165) is 71.8 Å². The fourth-order valence-corrected chi connectivity index (χ4v) is 8.41. The lowest BCUT2D eigenvalue weighted by Gasteiger charge is -2.40. The molecule has 46 heavy (non-hydrogen) atoms. The maximum Gasteiger partial charge on any atom is 0.201 e. The van der Waals surface area contributed by atoms with Crippen molar-refractivity contribution in [1.82, 2.24) is 0 Å². The Morgan fingerprint density at radius 1 is 0.522 bits per heavy atom. The van der Waals surface area contributed by atoms with Crippen LogP contribution >= 0.6 is 0 Å². The average molecular weight is 615 g/mol. The molecule has 0 saturated heterocycles. The number of aliphatic hydroxyl groups excluding tert-OH is 1. The molecule has 0 fully saturated rings. The molecule has 0 spiro atoms. The van der Waals surface area contributed by atoms with Crippen molar-refractivity contribution >= 4 is 55.5 Å². The topological polar surface area (TPSA) is 85.8 Å². The van der Waals surface area contributed by atoms with E-state index in [2.05, 4.69) is 113 Å². The molecule has 4 aromatic rings. The minimum atomic E-state index is -0.582. The second-order valence-corrected chi connectivity index (χ2v) is 15.1. The maximum absolute atomic E-state index is 14.7. The van der Waals surface area contributed by atoms with Gasteiger partial charge in [-0.1, -0.05) is 0 Å². The Morgan fingerprint density at radius 2 is 1.04 bits per heavy atom. The van der Waals surface area contributed by atoms with E-state index in [1.54, 1.807) is 0 Å². The highest BCUT2D eigenvalue weighted by Gasteiger charge is 2.42. The number of nitrogens with zero attached hydrogens (tertiary/aromatic N) is 1. The normalized spacial score (nSPS) is 18.7. The summed E-state index contributed by atoms with van der Waals surface area (Å²) in [4.78, 5) is 19.8. The van der Waals surface area contributed by atoms with Crippen molar-refractivity contribution in [2.75, 3.05) is 16.0 Å². The van der Waals surface area contributed by atoms with Crippen LogP contribution in [0.4, 0.5) is 17.1 Å². The van der Waals surface area contributed by atoms with Crippen LogP contribution in [-0.4, -0.2) is 22.2 Å². The number of carbonyl (C=O) groups excluding carboxylic acids is 1. The molecule has 0 amide bonds. The van der Waals surface area contributed by atoms with Gasteiger partial charge in [0.05, 0.1) is 27.9 Å². The second kappa shape index (κ2) is 9.15. The number of benzene rings is 4. The molecule has 0 aromatic heterocycles. The third kappa shape index (κ3) is 3.64. The van der Waals surface area contributed by atoms with Gasteiger partial charge >= 0.3 is 0 Å². The minimum Gasteiger partial charge on any atom is -0.506 e. The van der Waals surface area contributed by atoms with E-state index in [0.29, 0.717) is 11.1 Å². The van der Waals surface area contributed by atoms with Gasteiger partial charge in [0.1, 0.15) is 17.1 Å². The third-order valence-electron chi connectivity index (χ3n) is 11.5. The predicted molar refractivity (Wildman–Crippen MR) is 193 cm³/mol. The van der Waals surface area contributed by atoms with Crippen molar-refractivity contribution in [3.63, 3.8) is 0 Å². The van der Waals surface area contributed by atoms with Gasteiger partial charge in [-0.3, -0.25) is 9.79 Å². The first-order valence-corrected chi connectivity index (χ1v) is 16.4. The molecule has 7 rings (SSSR count). The van der Waals surface area contributed by atoms with E-state index >= 15 is 0 Å². The first kappa shape index (κ1) is 30.3. The minimum absolute atomic E-state index is 0.0608. The fourth-order valence-electron chi connectivity index (χ4n) is 8.41. The number of ketones is 1. The standard InChI is InChI=1S/C40H46N4O2/c1-15-17(3)25-19(5)21(7)27(35-29(25)33(23(15)9)41-39(11,12)43-35)31-37(45)32(38(31)46)28-22(8)20(6)26-18(4)16(2)24(10)34-30(26)36(28)44-40(13,14)42-34/h41,43-45H,1-14H3. The van der Waals surface area contributed by atoms with Gasteiger partial charge < -0.3 is 21.1 Å². The molecule has 6 heteroatoms. The van der Waals surface area contributed by atoms with Gasteiger partial charge in [0.2, 0.25) is 5.78 Å². The largest absolute Gasteiger partial charge is 0.506 e. The molecule has 4 aromatic carbocycles. The van der Waals surface area contributed by atoms with Gasteiger partial charge in [-0.2, -0.15) is 0 Å². The highest BCUT2D eigenvalue weighted by Crippen LogP contribution is 2.52. The number of carbonyl (C=O) groups is 1. The van der Waals surface area contributed by atoms with Crippen LogP contribution in [0.25, 0.3) is 32.7 Å². The number of anilines is 3. The van der Waals surface area contributed by atoms with E-state index in [-0.39, 0.29) is 11.5 Å². The summed E-state index contributed by atoms with van der Waals surface area (Å²) in [5.74, 6) is -0.0659. The predicted octanol–water partition coefficient (Wildman–Crippen LogP) is 8.13. The van der Waals surface area contributed by atoms with Crippen LogP contribution in [0.2, 0.25) is 0 Å². The van der Waals surface area contributed by atoms with Gasteiger partial charge in [-0.25, -0.2) is 0 Å². The van der Waals surface area contributed by atoms with Crippen LogP contribution in [0.1, 0.15) is 88.9 Å². The number of Topliss-reactive ketones (excluding diaryl/α,β-unsaturated/α-hetero) is 1. The fraction of sp³-hybridized carbons (Fsp3) is 0.400. The van der Waals surface area contributed by atoms with Crippen LogP contribution in [0.3, 0.4) is 0 Å². The Morgan fingerprint density at radius 3 is 1.65 bits per heavy atom. The molecular formula is C40H46N4O2. The first-order valence-electron chi connectivity index (χ1n) is 16.4.